The Labute approximate surface area is 87.0 Å². The van der Waals surface area contributed by atoms with Crippen LogP contribution >= 0.6 is 11.8 Å². The Morgan fingerprint density at radius 3 is 2.64 bits per heavy atom. The van der Waals surface area contributed by atoms with E-state index in [0.717, 1.165) is 4.90 Å². The van der Waals surface area contributed by atoms with Gasteiger partial charge in [0.15, 0.2) is 0 Å². The number of hydrogen-bond donors (Lipinski definition) is 0. The Morgan fingerprint density at radius 2 is 2.21 bits per heavy atom. The highest BCUT2D eigenvalue weighted by atomic mass is 32.2. The van der Waals surface area contributed by atoms with E-state index < -0.39 is 5.92 Å². The van der Waals surface area contributed by atoms with Gasteiger partial charge in [-0.2, -0.15) is 11.8 Å². The molecule has 0 saturated carbocycles. The number of imide groups is 1. The first kappa shape index (κ1) is 11.2. The molecule has 2 amide bonds. The van der Waals surface area contributed by atoms with E-state index in [0.29, 0.717) is 12.2 Å². The maximum atomic E-state index is 11.5. The summed E-state index contributed by atoms with van der Waals surface area (Å²) in [6.07, 6.45) is 2.34. The number of Topliss-reactive ketones (excluding diaryl/α,β-unsaturated/α-hetero) is 1. The van der Waals surface area contributed by atoms with Crippen LogP contribution in [0.5, 0.6) is 0 Å². The Bertz CT molecular complexity index is 277. The van der Waals surface area contributed by atoms with Crippen LogP contribution in [0.4, 0.5) is 0 Å². The molecule has 1 heterocycles. The minimum Gasteiger partial charge on any atom is -0.299 e. The molecule has 0 aromatic heterocycles. The fourth-order valence-corrected chi connectivity index (χ4v) is 1.79. The maximum absolute atomic E-state index is 11.5. The third-order valence-electron chi connectivity index (χ3n) is 2.32. The van der Waals surface area contributed by atoms with Crippen molar-refractivity contribution in [3.8, 4) is 0 Å². The molecular weight excluding hydrogens is 202 g/mol. The Hall–Kier alpha value is -0.840. The van der Waals surface area contributed by atoms with Crippen molar-refractivity contribution in [2.45, 2.75) is 12.8 Å². The molecule has 78 valence electrons. The summed E-state index contributed by atoms with van der Waals surface area (Å²) in [5, 5.41) is 0. The molecule has 1 fully saturated rings. The molecule has 0 radical (unpaired) electrons. The highest BCUT2D eigenvalue weighted by Gasteiger charge is 2.39. The van der Waals surface area contributed by atoms with E-state index in [1.165, 1.54) is 7.05 Å². The summed E-state index contributed by atoms with van der Waals surface area (Å²) in [6, 6.07) is 0. The molecule has 0 aromatic carbocycles. The van der Waals surface area contributed by atoms with E-state index in [1.54, 1.807) is 11.8 Å². The number of carbonyl (C=O) groups excluding carboxylic acids is 3. The van der Waals surface area contributed by atoms with Crippen molar-refractivity contribution in [1.82, 2.24) is 4.90 Å². The van der Waals surface area contributed by atoms with Crippen LogP contribution in [0.3, 0.4) is 0 Å². The molecular formula is C9H13NO3S. The van der Waals surface area contributed by atoms with Gasteiger partial charge in [0.25, 0.3) is 0 Å². The summed E-state index contributed by atoms with van der Waals surface area (Å²) >= 11 is 1.56. The smallest absolute Gasteiger partial charge is 0.240 e. The van der Waals surface area contributed by atoms with Gasteiger partial charge in [-0.1, -0.05) is 0 Å². The molecule has 4 nitrogen and oxygen atoms in total. The number of ketones is 1. The van der Waals surface area contributed by atoms with Crippen LogP contribution < -0.4 is 0 Å². The number of carbonyl (C=O) groups is 3. The van der Waals surface area contributed by atoms with Crippen molar-refractivity contribution in [2.24, 2.45) is 5.92 Å². The summed E-state index contributed by atoms with van der Waals surface area (Å²) in [5.74, 6) is -0.708. The molecule has 14 heavy (non-hydrogen) atoms. The van der Waals surface area contributed by atoms with E-state index in [1.807, 2.05) is 6.26 Å². The Balaban J connectivity index is 2.58. The van der Waals surface area contributed by atoms with Gasteiger partial charge >= 0.3 is 0 Å². The third-order valence-corrected chi connectivity index (χ3v) is 2.94. The van der Waals surface area contributed by atoms with Crippen molar-refractivity contribution in [3.63, 3.8) is 0 Å². The lowest BCUT2D eigenvalue weighted by molar-refractivity contribution is -0.139. The molecule has 1 unspecified atom stereocenters. The highest BCUT2D eigenvalue weighted by molar-refractivity contribution is 7.98. The second-order valence-corrected chi connectivity index (χ2v) is 4.24. The summed E-state index contributed by atoms with van der Waals surface area (Å²) in [5.41, 5.74) is 0. The SMILES string of the molecule is CSCCC(=O)C1CC(=O)N(C)C1=O. The molecule has 1 rings (SSSR count). The van der Waals surface area contributed by atoms with E-state index in [-0.39, 0.29) is 24.0 Å². The first-order valence-corrected chi connectivity index (χ1v) is 5.79. The lowest BCUT2D eigenvalue weighted by atomic mass is 10.0. The van der Waals surface area contributed by atoms with Gasteiger partial charge in [0.2, 0.25) is 11.8 Å². The van der Waals surface area contributed by atoms with Gasteiger partial charge in [-0.05, 0) is 12.0 Å². The average molecular weight is 215 g/mol. The molecule has 1 aliphatic rings. The number of hydrogen-bond acceptors (Lipinski definition) is 4. The van der Waals surface area contributed by atoms with Gasteiger partial charge in [-0.25, -0.2) is 0 Å². The summed E-state index contributed by atoms with van der Waals surface area (Å²) in [6.45, 7) is 0. The Kier molecular flexibility index (Phi) is 3.69. The van der Waals surface area contributed by atoms with Gasteiger partial charge in [0.1, 0.15) is 11.7 Å². The standard InChI is InChI=1S/C9H13NO3S/c1-10-8(12)5-6(9(10)13)7(11)3-4-14-2/h6H,3-5H2,1-2H3. The van der Waals surface area contributed by atoms with Gasteiger partial charge in [-0.3, -0.25) is 19.3 Å². The molecule has 0 aromatic rings. The zero-order valence-corrected chi connectivity index (χ0v) is 9.10. The van der Waals surface area contributed by atoms with Crippen LogP contribution in [0.15, 0.2) is 0 Å². The molecule has 1 saturated heterocycles. The van der Waals surface area contributed by atoms with Crippen molar-refractivity contribution < 1.29 is 14.4 Å². The van der Waals surface area contributed by atoms with Crippen LogP contribution in [0.1, 0.15) is 12.8 Å². The van der Waals surface area contributed by atoms with Gasteiger partial charge in [-0.15, -0.1) is 0 Å². The predicted molar refractivity (Wildman–Crippen MR) is 53.9 cm³/mol. The monoisotopic (exact) mass is 215 g/mol. The number of thioether (sulfide) groups is 1. The fourth-order valence-electron chi connectivity index (χ4n) is 1.38. The predicted octanol–water partition coefficient (Wildman–Crippen LogP) is 0.313. The molecule has 0 spiro atoms. The topological polar surface area (TPSA) is 54.5 Å². The van der Waals surface area contributed by atoms with E-state index in [4.69, 9.17) is 0 Å². The van der Waals surface area contributed by atoms with Crippen LogP contribution in [0, 0.1) is 5.92 Å². The highest BCUT2D eigenvalue weighted by Crippen LogP contribution is 2.20. The quantitative estimate of drug-likeness (QED) is 0.500. The first-order valence-electron chi connectivity index (χ1n) is 4.40. The largest absolute Gasteiger partial charge is 0.299 e. The molecule has 0 N–H and O–H groups in total. The van der Waals surface area contributed by atoms with Crippen molar-refractivity contribution in [3.05, 3.63) is 0 Å². The normalized spacial score (nSPS) is 21.9. The van der Waals surface area contributed by atoms with Crippen LogP contribution in [0.25, 0.3) is 0 Å². The molecule has 0 bridgehead atoms. The van der Waals surface area contributed by atoms with Crippen molar-refractivity contribution in [1.29, 1.82) is 0 Å². The zero-order valence-electron chi connectivity index (χ0n) is 8.28. The number of nitrogens with zero attached hydrogens (tertiary/aromatic N) is 1. The van der Waals surface area contributed by atoms with Gasteiger partial charge < -0.3 is 0 Å². The third kappa shape index (κ3) is 2.15. The minimum atomic E-state index is -0.709. The van der Waals surface area contributed by atoms with Crippen LogP contribution in [0.2, 0.25) is 0 Å². The Morgan fingerprint density at radius 1 is 1.57 bits per heavy atom. The number of likely N-dealkylation sites (tertiary alicyclic amines) is 1. The number of rotatable bonds is 4. The van der Waals surface area contributed by atoms with Crippen molar-refractivity contribution in [2.75, 3.05) is 19.1 Å². The summed E-state index contributed by atoms with van der Waals surface area (Å²) < 4.78 is 0. The number of amides is 2. The zero-order chi connectivity index (χ0) is 10.7. The van der Waals surface area contributed by atoms with Crippen molar-refractivity contribution >= 4 is 29.4 Å². The lowest BCUT2D eigenvalue weighted by Crippen LogP contribution is -2.28. The second-order valence-electron chi connectivity index (χ2n) is 3.26. The minimum absolute atomic E-state index is 0.0581. The van der Waals surface area contributed by atoms with Crippen LogP contribution in [-0.2, 0) is 14.4 Å². The van der Waals surface area contributed by atoms with E-state index >= 15 is 0 Å². The molecule has 1 atom stereocenters. The maximum Gasteiger partial charge on any atom is 0.240 e. The molecule has 5 heteroatoms. The van der Waals surface area contributed by atoms with Gasteiger partial charge in [0, 0.05) is 19.9 Å². The van der Waals surface area contributed by atoms with Crippen LogP contribution in [-0.4, -0.2) is 41.6 Å². The van der Waals surface area contributed by atoms with Gasteiger partial charge in [0.05, 0.1) is 0 Å². The molecule has 1 aliphatic heterocycles. The summed E-state index contributed by atoms with van der Waals surface area (Å²) in [4.78, 5) is 35.1. The van der Waals surface area contributed by atoms with E-state index in [2.05, 4.69) is 0 Å². The second kappa shape index (κ2) is 4.59. The average Bonchev–Trinajstić information content (AvgIpc) is 2.42. The van der Waals surface area contributed by atoms with E-state index in [9.17, 15) is 14.4 Å². The molecule has 0 aliphatic carbocycles. The first-order chi connectivity index (χ1) is 6.57. The summed E-state index contributed by atoms with van der Waals surface area (Å²) in [7, 11) is 1.42. The fraction of sp³-hybridized carbons (Fsp3) is 0.667. The lowest BCUT2D eigenvalue weighted by Gasteiger charge is -2.07.